The summed E-state index contributed by atoms with van der Waals surface area (Å²) in [5.41, 5.74) is 0. The topological polar surface area (TPSA) is 69.2 Å². The van der Waals surface area contributed by atoms with E-state index < -0.39 is 6.10 Å². The molecule has 0 amide bonds. The minimum absolute atomic E-state index is 0.0651. The number of hydrogen-bond acceptors (Lipinski definition) is 6. The quantitative estimate of drug-likeness (QED) is 0.542. The number of morpholine rings is 1. The van der Waals surface area contributed by atoms with Crippen molar-refractivity contribution in [1.82, 2.24) is 5.32 Å². The summed E-state index contributed by atoms with van der Waals surface area (Å²) in [6.07, 6.45) is -0.319. The highest BCUT2D eigenvalue weighted by molar-refractivity contribution is 4.71. The van der Waals surface area contributed by atoms with E-state index in [1.165, 1.54) is 0 Å². The van der Waals surface area contributed by atoms with E-state index in [4.69, 9.17) is 18.9 Å². The Labute approximate surface area is 109 Å². The molecule has 0 aromatic rings. The minimum atomic E-state index is -0.601. The third-order valence-corrected chi connectivity index (χ3v) is 2.58. The van der Waals surface area contributed by atoms with Gasteiger partial charge in [0.15, 0.2) is 0 Å². The Morgan fingerprint density at radius 1 is 1.28 bits per heavy atom. The highest BCUT2D eigenvalue weighted by Gasteiger charge is 2.19. The minimum Gasteiger partial charge on any atom is -0.388 e. The predicted octanol–water partition coefficient (Wildman–Crippen LogP) is -0.596. The van der Waals surface area contributed by atoms with E-state index in [2.05, 4.69) is 5.32 Å². The molecule has 0 aliphatic carbocycles. The lowest BCUT2D eigenvalue weighted by molar-refractivity contribution is -0.0874. The summed E-state index contributed by atoms with van der Waals surface area (Å²) in [7, 11) is 1.61. The average molecular weight is 263 g/mol. The fourth-order valence-corrected chi connectivity index (χ4v) is 1.72. The lowest BCUT2D eigenvalue weighted by Gasteiger charge is -2.28. The van der Waals surface area contributed by atoms with Crippen molar-refractivity contribution in [2.45, 2.75) is 25.2 Å². The van der Waals surface area contributed by atoms with E-state index in [1.54, 1.807) is 7.11 Å². The molecule has 0 radical (unpaired) electrons. The van der Waals surface area contributed by atoms with Crippen molar-refractivity contribution in [3.05, 3.63) is 0 Å². The number of aliphatic hydroxyl groups is 1. The molecule has 1 aliphatic heterocycles. The Balaban J connectivity index is 1.95. The largest absolute Gasteiger partial charge is 0.388 e. The van der Waals surface area contributed by atoms with Crippen molar-refractivity contribution in [1.29, 1.82) is 0 Å². The first-order valence-electron chi connectivity index (χ1n) is 6.41. The van der Waals surface area contributed by atoms with Gasteiger partial charge in [0, 0.05) is 20.2 Å². The van der Waals surface area contributed by atoms with Crippen LogP contribution in [0.25, 0.3) is 0 Å². The molecule has 0 aromatic heterocycles. The number of aliphatic hydroxyl groups excluding tert-OH is 1. The van der Waals surface area contributed by atoms with Gasteiger partial charge in [0.1, 0.15) is 6.10 Å². The second kappa shape index (κ2) is 9.66. The van der Waals surface area contributed by atoms with Gasteiger partial charge in [-0.3, -0.25) is 0 Å². The SMILES string of the molecule is COCCOCC(O)COCC1CNCC(C)O1. The summed E-state index contributed by atoms with van der Waals surface area (Å²) in [6, 6.07) is 0. The maximum absolute atomic E-state index is 9.58. The zero-order chi connectivity index (χ0) is 13.2. The van der Waals surface area contributed by atoms with Gasteiger partial charge in [-0.1, -0.05) is 0 Å². The lowest BCUT2D eigenvalue weighted by atomic mass is 10.2. The molecule has 3 atom stereocenters. The van der Waals surface area contributed by atoms with Crippen molar-refractivity contribution < 1.29 is 24.1 Å². The molecule has 108 valence electrons. The first-order chi connectivity index (χ1) is 8.72. The van der Waals surface area contributed by atoms with Gasteiger partial charge < -0.3 is 29.4 Å². The molecule has 6 nitrogen and oxygen atoms in total. The molecule has 0 spiro atoms. The molecule has 1 heterocycles. The number of hydrogen-bond donors (Lipinski definition) is 2. The molecular weight excluding hydrogens is 238 g/mol. The van der Waals surface area contributed by atoms with Crippen molar-refractivity contribution in [2.24, 2.45) is 0 Å². The lowest BCUT2D eigenvalue weighted by Crippen LogP contribution is -2.45. The van der Waals surface area contributed by atoms with E-state index >= 15 is 0 Å². The zero-order valence-electron chi connectivity index (χ0n) is 11.3. The van der Waals surface area contributed by atoms with Gasteiger partial charge in [-0.25, -0.2) is 0 Å². The van der Waals surface area contributed by atoms with Gasteiger partial charge in [0.2, 0.25) is 0 Å². The van der Waals surface area contributed by atoms with E-state index in [1.807, 2.05) is 6.92 Å². The summed E-state index contributed by atoms with van der Waals surface area (Å²) in [5, 5.41) is 12.8. The van der Waals surface area contributed by atoms with E-state index in [-0.39, 0.29) is 25.4 Å². The third-order valence-electron chi connectivity index (χ3n) is 2.58. The van der Waals surface area contributed by atoms with Gasteiger partial charge in [-0.2, -0.15) is 0 Å². The molecule has 0 saturated carbocycles. The van der Waals surface area contributed by atoms with Crippen molar-refractivity contribution >= 4 is 0 Å². The monoisotopic (exact) mass is 263 g/mol. The summed E-state index contributed by atoms with van der Waals surface area (Å²) >= 11 is 0. The van der Waals surface area contributed by atoms with E-state index in [0.29, 0.717) is 19.8 Å². The zero-order valence-corrected chi connectivity index (χ0v) is 11.3. The van der Waals surface area contributed by atoms with E-state index in [0.717, 1.165) is 13.1 Å². The number of nitrogens with one attached hydrogen (secondary N) is 1. The second-order valence-electron chi connectivity index (χ2n) is 4.49. The molecule has 3 unspecified atom stereocenters. The first-order valence-corrected chi connectivity index (χ1v) is 6.41. The fourth-order valence-electron chi connectivity index (χ4n) is 1.72. The number of rotatable bonds is 9. The Morgan fingerprint density at radius 3 is 2.78 bits per heavy atom. The van der Waals surface area contributed by atoms with Gasteiger partial charge >= 0.3 is 0 Å². The van der Waals surface area contributed by atoms with E-state index in [9.17, 15) is 5.11 Å². The van der Waals surface area contributed by atoms with Crippen LogP contribution in [0.4, 0.5) is 0 Å². The van der Waals surface area contributed by atoms with Crippen LogP contribution in [-0.2, 0) is 18.9 Å². The van der Waals surface area contributed by atoms with Crippen molar-refractivity contribution in [3.8, 4) is 0 Å². The Bertz CT molecular complexity index is 205. The van der Waals surface area contributed by atoms with Gasteiger partial charge in [-0.15, -0.1) is 0 Å². The maximum Gasteiger partial charge on any atom is 0.101 e. The van der Waals surface area contributed by atoms with Crippen LogP contribution in [0.15, 0.2) is 0 Å². The number of methoxy groups -OCH3 is 1. The Morgan fingerprint density at radius 2 is 2.06 bits per heavy atom. The molecule has 1 fully saturated rings. The normalized spacial score (nSPS) is 26.2. The van der Waals surface area contributed by atoms with Crippen molar-refractivity contribution in [3.63, 3.8) is 0 Å². The molecule has 1 aliphatic rings. The van der Waals surface area contributed by atoms with Crippen LogP contribution < -0.4 is 5.32 Å². The van der Waals surface area contributed by atoms with Crippen LogP contribution in [-0.4, -0.2) is 76.7 Å². The molecular formula is C12H25NO5. The Kier molecular flexibility index (Phi) is 8.49. The summed E-state index contributed by atoms with van der Waals surface area (Å²) < 4.78 is 21.1. The summed E-state index contributed by atoms with van der Waals surface area (Å²) in [6.45, 7) is 5.75. The summed E-state index contributed by atoms with van der Waals surface area (Å²) in [5.74, 6) is 0. The second-order valence-corrected chi connectivity index (χ2v) is 4.49. The number of ether oxygens (including phenoxy) is 4. The first kappa shape index (κ1) is 15.8. The average Bonchev–Trinajstić information content (AvgIpc) is 2.35. The van der Waals surface area contributed by atoms with Crippen LogP contribution in [0.1, 0.15) is 6.92 Å². The third kappa shape index (κ3) is 7.25. The van der Waals surface area contributed by atoms with Crippen molar-refractivity contribution in [2.75, 3.05) is 53.2 Å². The van der Waals surface area contributed by atoms with Crippen LogP contribution in [0.5, 0.6) is 0 Å². The Hall–Kier alpha value is -0.240. The summed E-state index contributed by atoms with van der Waals surface area (Å²) in [4.78, 5) is 0. The van der Waals surface area contributed by atoms with Gasteiger partial charge in [-0.05, 0) is 6.92 Å². The molecule has 18 heavy (non-hydrogen) atoms. The van der Waals surface area contributed by atoms with Gasteiger partial charge in [0.05, 0.1) is 45.2 Å². The predicted molar refractivity (Wildman–Crippen MR) is 66.7 cm³/mol. The highest BCUT2D eigenvalue weighted by atomic mass is 16.6. The maximum atomic E-state index is 9.58. The molecule has 1 saturated heterocycles. The standard InChI is InChI=1S/C12H25NO5/c1-10-5-13-6-12(18-10)9-17-8-11(14)7-16-4-3-15-2/h10-14H,3-9H2,1-2H3. The molecule has 0 bridgehead atoms. The van der Waals surface area contributed by atoms with Crippen LogP contribution >= 0.6 is 0 Å². The van der Waals surface area contributed by atoms with Gasteiger partial charge in [0.25, 0.3) is 0 Å². The molecule has 0 aromatic carbocycles. The van der Waals surface area contributed by atoms with Crippen LogP contribution in [0.3, 0.4) is 0 Å². The smallest absolute Gasteiger partial charge is 0.101 e. The molecule has 6 heteroatoms. The molecule has 1 rings (SSSR count). The van der Waals surface area contributed by atoms with Crippen LogP contribution in [0, 0.1) is 0 Å². The fraction of sp³-hybridized carbons (Fsp3) is 1.00. The highest BCUT2D eigenvalue weighted by Crippen LogP contribution is 2.03. The molecule has 2 N–H and O–H groups in total. The van der Waals surface area contributed by atoms with Crippen LogP contribution in [0.2, 0.25) is 0 Å².